The molecule has 1 aromatic rings. The van der Waals surface area contributed by atoms with Crippen LogP contribution in [0.2, 0.25) is 0 Å². The van der Waals surface area contributed by atoms with Gasteiger partial charge in [-0.2, -0.15) is 0 Å². The van der Waals surface area contributed by atoms with E-state index < -0.39 is 15.9 Å². The summed E-state index contributed by atoms with van der Waals surface area (Å²) in [7, 11) is -3.45. The predicted octanol–water partition coefficient (Wildman–Crippen LogP) is 0.595. The molecule has 116 valence electrons. The molecule has 3 rings (SSSR count). The lowest BCUT2D eigenvalue weighted by Gasteiger charge is -2.20. The van der Waals surface area contributed by atoms with Crippen molar-refractivity contribution in [2.75, 3.05) is 32.2 Å². The van der Waals surface area contributed by atoms with Gasteiger partial charge in [-0.05, 0) is 18.6 Å². The lowest BCUT2D eigenvalue weighted by atomic mass is 10.0. The zero-order chi connectivity index (χ0) is 14.9. The van der Waals surface area contributed by atoms with Crippen molar-refractivity contribution in [2.24, 2.45) is 11.7 Å². The van der Waals surface area contributed by atoms with E-state index in [9.17, 15) is 8.42 Å². The van der Waals surface area contributed by atoms with Crippen LogP contribution in [0.5, 0.6) is 11.5 Å². The number of hydrogen-bond acceptors (Lipinski definition) is 6. The maximum atomic E-state index is 12.5. The van der Waals surface area contributed by atoms with Crippen LogP contribution in [0.25, 0.3) is 0 Å². The van der Waals surface area contributed by atoms with Gasteiger partial charge in [-0.1, -0.05) is 0 Å². The Labute approximate surface area is 124 Å². The summed E-state index contributed by atoms with van der Waals surface area (Å²) >= 11 is 0. The first-order valence-corrected chi connectivity index (χ1v) is 8.67. The van der Waals surface area contributed by atoms with E-state index in [1.165, 1.54) is 6.07 Å². The Balaban J connectivity index is 1.77. The Hall–Kier alpha value is -1.31. The highest BCUT2D eigenvalue weighted by Crippen LogP contribution is 2.32. The van der Waals surface area contributed by atoms with E-state index in [0.717, 1.165) is 6.42 Å². The molecule has 1 fully saturated rings. The minimum Gasteiger partial charge on any atom is -0.486 e. The number of benzene rings is 1. The molecule has 2 aliphatic rings. The average Bonchev–Trinajstić information content (AvgIpc) is 3.00. The Morgan fingerprint density at radius 1 is 1.19 bits per heavy atom. The van der Waals surface area contributed by atoms with E-state index in [1.54, 1.807) is 12.1 Å². The normalized spacial score (nSPS) is 23.0. The molecule has 1 aromatic carbocycles. The third-order valence-electron chi connectivity index (χ3n) is 3.86. The van der Waals surface area contributed by atoms with E-state index in [-0.39, 0.29) is 16.6 Å². The molecule has 0 radical (unpaired) electrons. The molecule has 2 unspecified atom stereocenters. The molecule has 7 heteroatoms. The smallest absolute Gasteiger partial charge is 0.180 e. The number of ether oxygens (including phenoxy) is 3. The van der Waals surface area contributed by atoms with Crippen LogP contribution in [0.1, 0.15) is 6.42 Å². The maximum absolute atomic E-state index is 12.5. The Kier molecular flexibility index (Phi) is 4.05. The Morgan fingerprint density at radius 3 is 2.67 bits per heavy atom. The Bertz CT molecular complexity index is 610. The SMILES string of the molecule is NC(CS(=O)(=O)c1ccc2c(c1)OCCO2)C1CCOC1. The quantitative estimate of drug-likeness (QED) is 0.875. The first-order valence-electron chi connectivity index (χ1n) is 7.02. The summed E-state index contributed by atoms with van der Waals surface area (Å²) < 4.78 is 41.0. The number of fused-ring (bicyclic) bond motifs is 1. The molecular weight excluding hydrogens is 294 g/mol. The standard InChI is InChI=1S/C14H19NO5S/c15-12(10-3-4-18-8-10)9-21(16,17)11-1-2-13-14(7-11)20-6-5-19-13/h1-2,7,10,12H,3-6,8-9,15H2. The van der Waals surface area contributed by atoms with Gasteiger partial charge in [0.05, 0.1) is 17.3 Å². The Morgan fingerprint density at radius 2 is 1.95 bits per heavy atom. The van der Waals surface area contributed by atoms with Crippen molar-refractivity contribution in [3.05, 3.63) is 18.2 Å². The third kappa shape index (κ3) is 3.14. The van der Waals surface area contributed by atoms with Gasteiger partial charge in [0.25, 0.3) is 0 Å². The molecule has 0 bridgehead atoms. The van der Waals surface area contributed by atoms with E-state index >= 15 is 0 Å². The number of sulfone groups is 1. The molecule has 0 amide bonds. The number of nitrogens with two attached hydrogens (primary N) is 1. The largest absolute Gasteiger partial charge is 0.486 e. The minimum absolute atomic E-state index is 0.0827. The monoisotopic (exact) mass is 313 g/mol. The van der Waals surface area contributed by atoms with Crippen LogP contribution in [-0.4, -0.2) is 46.6 Å². The van der Waals surface area contributed by atoms with Crippen molar-refractivity contribution in [3.63, 3.8) is 0 Å². The first-order chi connectivity index (χ1) is 10.1. The molecule has 0 aromatic heterocycles. The molecule has 0 aliphatic carbocycles. The fourth-order valence-electron chi connectivity index (χ4n) is 2.59. The molecule has 2 aliphatic heterocycles. The average molecular weight is 313 g/mol. The predicted molar refractivity (Wildman–Crippen MR) is 76.4 cm³/mol. The lowest BCUT2D eigenvalue weighted by molar-refractivity contribution is 0.171. The van der Waals surface area contributed by atoms with E-state index in [4.69, 9.17) is 19.9 Å². The molecule has 2 N–H and O–H groups in total. The van der Waals surface area contributed by atoms with Gasteiger partial charge >= 0.3 is 0 Å². The summed E-state index contributed by atoms with van der Waals surface area (Å²) in [4.78, 5) is 0.223. The van der Waals surface area contributed by atoms with Crippen molar-refractivity contribution < 1.29 is 22.6 Å². The summed E-state index contributed by atoms with van der Waals surface area (Å²) in [5.74, 6) is 1.08. The molecule has 6 nitrogen and oxygen atoms in total. The van der Waals surface area contributed by atoms with Crippen molar-refractivity contribution >= 4 is 9.84 Å². The summed E-state index contributed by atoms with van der Waals surface area (Å²) in [6, 6.07) is 4.28. The second-order valence-electron chi connectivity index (χ2n) is 5.37. The van der Waals surface area contributed by atoms with E-state index in [2.05, 4.69) is 0 Å². The first kappa shape index (κ1) is 14.6. The van der Waals surface area contributed by atoms with Gasteiger partial charge in [-0.3, -0.25) is 0 Å². The molecule has 1 saturated heterocycles. The second-order valence-corrected chi connectivity index (χ2v) is 7.41. The van der Waals surface area contributed by atoms with Crippen molar-refractivity contribution in [1.29, 1.82) is 0 Å². The summed E-state index contributed by atoms with van der Waals surface area (Å²) in [6.07, 6.45) is 0.817. The molecular formula is C14H19NO5S. The van der Waals surface area contributed by atoms with E-state index in [1.807, 2.05) is 0 Å². The fourth-order valence-corrected chi connectivity index (χ4v) is 4.13. The van der Waals surface area contributed by atoms with Gasteiger partial charge in [-0.15, -0.1) is 0 Å². The van der Waals surface area contributed by atoms with Gasteiger partial charge < -0.3 is 19.9 Å². The van der Waals surface area contributed by atoms with Crippen molar-refractivity contribution in [3.8, 4) is 11.5 Å². The highest BCUT2D eigenvalue weighted by molar-refractivity contribution is 7.91. The minimum atomic E-state index is -3.45. The number of rotatable bonds is 4. The summed E-state index contributed by atoms with van der Waals surface area (Å²) in [6.45, 7) is 2.10. The van der Waals surface area contributed by atoms with Crippen molar-refractivity contribution in [2.45, 2.75) is 17.4 Å². The van der Waals surface area contributed by atoms with Gasteiger partial charge in [0, 0.05) is 24.6 Å². The highest BCUT2D eigenvalue weighted by Gasteiger charge is 2.28. The van der Waals surface area contributed by atoms with E-state index in [0.29, 0.717) is 37.9 Å². The van der Waals surface area contributed by atoms with Crippen LogP contribution in [-0.2, 0) is 14.6 Å². The zero-order valence-corrected chi connectivity index (χ0v) is 12.5. The van der Waals surface area contributed by atoms with Gasteiger partial charge in [0.1, 0.15) is 13.2 Å². The van der Waals surface area contributed by atoms with Crippen LogP contribution in [0.3, 0.4) is 0 Å². The highest BCUT2D eigenvalue weighted by atomic mass is 32.2. The lowest BCUT2D eigenvalue weighted by Crippen LogP contribution is -2.37. The summed E-state index contributed by atoms with van der Waals surface area (Å²) in [5.41, 5.74) is 6.03. The van der Waals surface area contributed by atoms with Gasteiger partial charge in [0.15, 0.2) is 21.3 Å². The molecule has 2 heterocycles. The molecule has 21 heavy (non-hydrogen) atoms. The maximum Gasteiger partial charge on any atom is 0.180 e. The van der Waals surface area contributed by atoms with Crippen LogP contribution < -0.4 is 15.2 Å². The van der Waals surface area contributed by atoms with Crippen LogP contribution >= 0.6 is 0 Å². The third-order valence-corrected chi connectivity index (χ3v) is 5.65. The van der Waals surface area contributed by atoms with Crippen LogP contribution in [0, 0.1) is 5.92 Å². The number of hydrogen-bond donors (Lipinski definition) is 1. The molecule has 0 saturated carbocycles. The van der Waals surface area contributed by atoms with Crippen molar-refractivity contribution in [1.82, 2.24) is 0 Å². The molecule has 2 atom stereocenters. The summed E-state index contributed by atoms with van der Waals surface area (Å²) in [5, 5.41) is 0. The van der Waals surface area contributed by atoms with Crippen LogP contribution in [0.15, 0.2) is 23.1 Å². The topological polar surface area (TPSA) is 87.9 Å². The van der Waals surface area contributed by atoms with Gasteiger partial charge in [-0.25, -0.2) is 8.42 Å². The molecule has 0 spiro atoms. The fraction of sp³-hybridized carbons (Fsp3) is 0.571. The second kappa shape index (κ2) is 5.82. The zero-order valence-electron chi connectivity index (χ0n) is 11.7. The van der Waals surface area contributed by atoms with Gasteiger partial charge in [0.2, 0.25) is 0 Å². The van der Waals surface area contributed by atoms with Crippen LogP contribution in [0.4, 0.5) is 0 Å².